The smallest absolute Gasteiger partial charge is 0.150 e. The number of sulfone groups is 1. The second-order valence-corrected chi connectivity index (χ2v) is 6.75. The van der Waals surface area contributed by atoms with Crippen LogP contribution in [0.2, 0.25) is 0 Å². The van der Waals surface area contributed by atoms with Gasteiger partial charge in [-0.2, -0.15) is 0 Å². The fraction of sp³-hybridized carbons (Fsp3) is 0.429. The first kappa shape index (κ1) is 16.8. The first-order chi connectivity index (χ1) is 9.48. The third-order valence-electron chi connectivity index (χ3n) is 2.53. The first-order valence-electron chi connectivity index (χ1n) is 6.16. The predicted octanol–water partition coefficient (Wildman–Crippen LogP) is 2.62. The molecule has 0 bridgehead atoms. The first-order valence-corrected chi connectivity index (χ1v) is 8.51. The summed E-state index contributed by atoms with van der Waals surface area (Å²) in [6, 6.07) is 4.02. The Labute approximate surface area is 124 Å². The van der Waals surface area contributed by atoms with Crippen LogP contribution in [0.3, 0.4) is 0 Å². The molecule has 1 rings (SSSR count). The fourth-order valence-corrected chi connectivity index (χ4v) is 2.37. The summed E-state index contributed by atoms with van der Waals surface area (Å²) in [6.45, 7) is 1.79. The maximum absolute atomic E-state index is 13.2. The van der Waals surface area contributed by atoms with Crippen LogP contribution >= 0.6 is 11.6 Å². The lowest BCUT2D eigenvalue weighted by molar-refractivity contribution is 0.315. The van der Waals surface area contributed by atoms with Crippen molar-refractivity contribution in [2.45, 2.75) is 13.3 Å². The minimum Gasteiger partial charge on any atom is -0.492 e. The van der Waals surface area contributed by atoms with Crippen LogP contribution in [0.4, 0.5) is 4.39 Å². The Bertz CT molecular complexity index is 603. The largest absolute Gasteiger partial charge is 0.492 e. The standard InChI is InChI=1S/C14H16ClFO3S/c1-2-20(17,18)10-4-9-19-14-11-13(16)7-6-12(14)5-3-8-15/h6-7,11H,2,4,8-10H2,1H3. The van der Waals surface area contributed by atoms with E-state index in [1.165, 1.54) is 18.2 Å². The lowest BCUT2D eigenvalue weighted by Crippen LogP contribution is -2.12. The number of benzene rings is 1. The number of hydrogen-bond acceptors (Lipinski definition) is 3. The summed E-state index contributed by atoms with van der Waals surface area (Å²) in [6.07, 6.45) is 0.356. The van der Waals surface area contributed by atoms with Gasteiger partial charge >= 0.3 is 0 Å². The summed E-state index contributed by atoms with van der Waals surface area (Å²) in [5.41, 5.74) is 0.533. The summed E-state index contributed by atoms with van der Waals surface area (Å²) in [5, 5.41) is 0. The highest BCUT2D eigenvalue weighted by molar-refractivity contribution is 7.91. The molecule has 20 heavy (non-hydrogen) atoms. The maximum Gasteiger partial charge on any atom is 0.150 e. The Morgan fingerprint density at radius 3 is 2.80 bits per heavy atom. The number of alkyl halides is 1. The topological polar surface area (TPSA) is 43.4 Å². The summed E-state index contributed by atoms with van der Waals surface area (Å²) >= 11 is 5.47. The van der Waals surface area contributed by atoms with Crippen LogP contribution in [0.15, 0.2) is 18.2 Å². The van der Waals surface area contributed by atoms with Crippen molar-refractivity contribution < 1.29 is 17.5 Å². The van der Waals surface area contributed by atoms with Gasteiger partial charge < -0.3 is 4.74 Å². The highest BCUT2D eigenvalue weighted by atomic mass is 35.5. The van der Waals surface area contributed by atoms with Crippen molar-refractivity contribution in [2.24, 2.45) is 0 Å². The Kier molecular flexibility index (Phi) is 6.83. The van der Waals surface area contributed by atoms with E-state index >= 15 is 0 Å². The van der Waals surface area contributed by atoms with Gasteiger partial charge in [-0.05, 0) is 18.6 Å². The molecule has 0 saturated carbocycles. The Morgan fingerprint density at radius 1 is 1.40 bits per heavy atom. The summed E-state index contributed by atoms with van der Waals surface area (Å²) < 4.78 is 41.2. The molecule has 1 aromatic rings. The quantitative estimate of drug-likeness (QED) is 0.460. The van der Waals surface area contributed by atoms with Crippen molar-refractivity contribution in [3.63, 3.8) is 0 Å². The lowest BCUT2D eigenvalue weighted by Gasteiger charge is -2.08. The van der Waals surface area contributed by atoms with Gasteiger partial charge in [-0.25, -0.2) is 12.8 Å². The third kappa shape index (κ3) is 5.81. The summed E-state index contributed by atoms with van der Waals surface area (Å²) in [7, 11) is -3.01. The number of ether oxygens (including phenoxy) is 1. The molecule has 0 fully saturated rings. The van der Waals surface area contributed by atoms with E-state index in [4.69, 9.17) is 16.3 Å². The molecule has 3 nitrogen and oxygen atoms in total. The van der Waals surface area contributed by atoms with Crippen molar-refractivity contribution in [2.75, 3.05) is 24.0 Å². The van der Waals surface area contributed by atoms with E-state index < -0.39 is 15.7 Å². The zero-order valence-corrected chi connectivity index (χ0v) is 12.7. The van der Waals surface area contributed by atoms with Crippen LogP contribution in [0.5, 0.6) is 5.75 Å². The van der Waals surface area contributed by atoms with E-state index in [0.717, 1.165) is 0 Å². The molecule has 0 amide bonds. The molecule has 0 heterocycles. The van der Waals surface area contributed by atoms with Crippen molar-refractivity contribution >= 4 is 21.4 Å². The zero-order chi connectivity index (χ0) is 15.0. The molecule has 0 radical (unpaired) electrons. The Balaban J connectivity index is 2.65. The summed E-state index contributed by atoms with van der Waals surface area (Å²) in [5.74, 6) is 5.64. The SMILES string of the molecule is CCS(=O)(=O)CCCOc1cc(F)ccc1C#CCCl. The molecule has 0 aliphatic carbocycles. The molecule has 110 valence electrons. The van der Waals surface area contributed by atoms with Gasteiger partial charge in [0.25, 0.3) is 0 Å². The van der Waals surface area contributed by atoms with Crippen molar-refractivity contribution in [3.05, 3.63) is 29.6 Å². The van der Waals surface area contributed by atoms with Crippen molar-refractivity contribution in [1.29, 1.82) is 0 Å². The van der Waals surface area contributed by atoms with Gasteiger partial charge in [-0.1, -0.05) is 18.8 Å². The highest BCUT2D eigenvalue weighted by Crippen LogP contribution is 2.19. The van der Waals surface area contributed by atoms with Gasteiger partial charge in [0.2, 0.25) is 0 Å². The number of rotatable bonds is 6. The lowest BCUT2D eigenvalue weighted by atomic mass is 10.2. The van der Waals surface area contributed by atoms with Crippen LogP contribution in [-0.4, -0.2) is 32.4 Å². The van der Waals surface area contributed by atoms with E-state index in [9.17, 15) is 12.8 Å². The molecule has 0 spiro atoms. The van der Waals surface area contributed by atoms with Crippen LogP contribution in [0.25, 0.3) is 0 Å². The average molecular weight is 319 g/mol. The van der Waals surface area contributed by atoms with E-state index in [1.807, 2.05) is 0 Å². The van der Waals surface area contributed by atoms with Crippen molar-refractivity contribution in [1.82, 2.24) is 0 Å². The minimum absolute atomic E-state index is 0.0571. The van der Waals surface area contributed by atoms with Crippen LogP contribution in [0.1, 0.15) is 18.9 Å². The van der Waals surface area contributed by atoms with Gasteiger partial charge in [0.05, 0.1) is 23.8 Å². The van der Waals surface area contributed by atoms with E-state index in [0.29, 0.717) is 17.7 Å². The normalized spacial score (nSPS) is 10.8. The van der Waals surface area contributed by atoms with Gasteiger partial charge in [0.15, 0.2) is 0 Å². The predicted molar refractivity (Wildman–Crippen MR) is 78.4 cm³/mol. The summed E-state index contributed by atoms with van der Waals surface area (Å²) in [4.78, 5) is 0. The maximum atomic E-state index is 13.2. The van der Waals surface area contributed by atoms with Gasteiger partial charge in [0, 0.05) is 11.8 Å². The second kappa shape index (κ2) is 8.13. The minimum atomic E-state index is -3.01. The van der Waals surface area contributed by atoms with Crippen LogP contribution in [0, 0.1) is 17.7 Å². The number of hydrogen-bond donors (Lipinski definition) is 0. The van der Waals surface area contributed by atoms with Crippen LogP contribution in [-0.2, 0) is 9.84 Å². The van der Waals surface area contributed by atoms with E-state index in [-0.39, 0.29) is 24.0 Å². The monoisotopic (exact) mass is 318 g/mol. The fourth-order valence-electron chi connectivity index (χ4n) is 1.45. The van der Waals surface area contributed by atoms with Crippen molar-refractivity contribution in [3.8, 4) is 17.6 Å². The average Bonchev–Trinajstić information content (AvgIpc) is 2.42. The molecule has 0 saturated heterocycles. The number of halogens is 2. The molecule has 0 aliphatic rings. The molecule has 0 N–H and O–H groups in total. The third-order valence-corrected chi connectivity index (χ3v) is 4.45. The van der Waals surface area contributed by atoms with E-state index in [1.54, 1.807) is 6.92 Å². The Hall–Kier alpha value is -1.25. The Morgan fingerprint density at radius 2 is 2.15 bits per heavy atom. The molecular formula is C14H16ClFO3S. The molecule has 1 aromatic carbocycles. The van der Waals surface area contributed by atoms with Crippen LogP contribution < -0.4 is 4.74 Å². The van der Waals surface area contributed by atoms with Gasteiger partial charge in [-0.3, -0.25) is 0 Å². The molecule has 0 aromatic heterocycles. The molecule has 6 heteroatoms. The zero-order valence-electron chi connectivity index (χ0n) is 11.2. The molecule has 0 aliphatic heterocycles. The molecule has 0 atom stereocenters. The second-order valence-electron chi connectivity index (χ2n) is 4.01. The highest BCUT2D eigenvalue weighted by Gasteiger charge is 2.08. The van der Waals surface area contributed by atoms with Gasteiger partial charge in [0.1, 0.15) is 21.4 Å². The molecular weight excluding hydrogens is 303 g/mol. The molecule has 0 unspecified atom stereocenters. The van der Waals surface area contributed by atoms with E-state index in [2.05, 4.69) is 11.8 Å². The van der Waals surface area contributed by atoms with Gasteiger partial charge in [-0.15, -0.1) is 11.6 Å².